The Morgan fingerprint density at radius 1 is 1.53 bits per heavy atom. The Labute approximate surface area is 97.7 Å². The average Bonchev–Trinajstić information content (AvgIpc) is 2.17. The van der Waals surface area contributed by atoms with Gasteiger partial charge >= 0.3 is 0 Å². The molecule has 1 amide bonds. The molecule has 0 aliphatic rings. The molecule has 0 atom stereocenters. The summed E-state index contributed by atoms with van der Waals surface area (Å²) in [7, 11) is 0. The van der Waals surface area contributed by atoms with Crippen LogP contribution in [0.1, 0.15) is 19.4 Å². The van der Waals surface area contributed by atoms with E-state index in [9.17, 15) is 4.79 Å². The molecule has 0 spiro atoms. The number of hydrogen-bond acceptors (Lipinski definition) is 2. The van der Waals surface area contributed by atoms with Gasteiger partial charge in [-0.05, 0) is 17.7 Å². The maximum Gasteiger partial charge on any atom is 0.242 e. The minimum absolute atomic E-state index is 0.0512. The molecule has 0 fully saturated rings. The summed E-state index contributed by atoms with van der Waals surface area (Å²) in [6, 6.07) is 7.68. The van der Waals surface area contributed by atoms with Gasteiger partial charge in [0.15, 0.2) is 0 Å². The number of benzene rings is 1. The lowest BCUT2D eigenvalue weighted by molar-refractivity contribution is -0.123. The molecular weight excluding hydrogens is 256 g/mol. The molecule has 0 radical (unpaired) electrons. The summed E-state index contributed by atoms with van der Waals surface area (Å²) in [5, 5.41) is 3.86. The smallest absolute Gasteiger partial charge is 0.242 e. The third-order valence-electron chi connectivity index (χ3n) is 1.76. The predicted molar refractivity (Wildman–Crippen MR) is 64.7 cm³/mol. The fraction of sp³-hybridized carbons (Fsp3) is 0.273. The van der Waals surface area contributed by atoms with Crippen molar-refractivity contribution in [1.29, 1.82) is 0 Å². The molecule has 3 nitrogen and oxygen atoms in total. The highest BCUT2D eigenvalue weighted by atomic mass is 79.9. The second kappa shape index (κ2) is 5.66. The molecule has 1 rings (SSSR count). The number of nitrogens with zero attached hydrogens (tertiary/aromatic N) is 1. The lowest BCUT2D eigenvalue weighted by Gasteiger charge is -2.01. The summed E-state index contributed by atoms with van der Waals surface area (Å²) in [6.45, 7) is 3.65. The van der Waals surface area contributed by atoms with Gasteiger partial charge in [0.1, 0.15) is 0 Å². The van der Waals surface area contributed by atoms with Crippen molar-refractivity contribution in [2.45, 2.75) is 13.8 Å². The lowest BCUT2D eigenvalue weighted by Crippen LogP contribution is -2.22. The molecule has 0 aliphatic carbocycles. The zero-order valence-electron chi connectivity index (χ0n) is 8.70. The summed E-state index contributed by atoms with van der Waals surface area (Å²) in [5.74, 6) is -0.133. The van der Waals surface area contributed by atoms with Gasteiger partial charge in [-0.25, -0.2) is 5.43 Å². The topological polar surface area (TPSA) is 41.5 Å². The molecule has 15 heavy (non-hydrogen) atoms. The van der Waals surface area contributed by atoms with Gasteiger partial charge in [0.25, 0.3) is 0 Å². The highest BCUT2D eigenvalue weighted by molar-refractivity contribution is 9.10. The Balaban J connectivity index is 2.55. The second-order valence-electron chi connectivity index (χ2n) is 3.44. The van der Waals surface area contributed by atoms with Crippen LogP contribution < -0.4 is 5.43 Å². The molecule has 1 aromatic rings. The zero-order chi connectivity index (χ0) is 11.3. The van der Waals surface area contributed by atoms with Crippen LogP contribution in [0.15, 0.2) is 33.8 Å². The Kier molecular flexibility index (Phi) is 4.49. The molecule has 0 heterocycles. The van der Waals surface area contributed by atoms with E-state index in [0.29, 0.717) is 0 Å². The van der Waals surface area contributed by atoms with Gasteiger partial charge in [0, 0.05) is 10.4 Å². The second-order valence-corrected chi connectivity index (χ2v) is 4.36. The number of hydrogen-bond donors (Lipinski definition) is 1. The number of amides is 1. The minimum Gasteiger partial charge on any atom is -0.273 e. The minimum atomic E-state index is -0.0822. The summed E-state index contributed by atoms with van der Waals surface area (Å²) < 4.78 is 0.988. The summed E-state index contributed by atoms with van der Waals surface area (Å²) in [6.07, 6.45) is 1.62. The van der Waals surface area contributed by atoms with E-state index in [1.54, 1.807) is 6.21 Å². The van der Waals surface area contributed by atoms with E-state index in [-0.39, 0.29) is 11.8 Å². The third-order valence-corrected chi connectivity index (χ3v) is 2.25. The molecule has 0 saturated heterocycles. The summed E-state index contributed by atoms with van der Waals surface area (Å²) in [5.41, 5.74) is 3.40. The quantitative estimate of drug-likeness (QED) is 0.665. The maximum atomic E-state index is 11.2. The van der Waals surface area contributed by atoms with Crippen LogP contribution in [0.2, 0.25) is 0 Å². The Bertz CT molecular complexity index is 375. The number of nitrogens with one attached hydrogen (secondary N) is 1. The molecule has 1 N–H and O–H groups in total. The predicted octanol–water partition coefficient (Wildman–Crippen LogP) is 2.56. The van der Waals surface area contributed by atoms with Crippen LogP contribution in [0.5, 0.6) is 0 Å². The molecule has 4 heteroatoms. The SMILES string of the molecule is CC(C)C(=O)N/N=C/c1cccc(Br)c1. The largest absolute Gasteiger partial charge is 0.273 e. The van der Waals surface area contributed by atoms with Crippen LogP contribution in [0, 0.1) is 5.92 Å². The number of rotatable bonds is 3. The van der Waals surface area contributed by atoms with Crippen molar-refractivity contribution in [2.75, 3.05) is 0 Å². The monoisotopic (exact) mass is 268 g/mol. The highest BCUT2D eigenvalue weighted by Crippen LogP contribution is 2.09. The molecule has 0 saturated carbocycles. The molecule has 0 unspecified atom stereocenters. The first-order chi connectivity index (χ1) is 7.09. The lowest BCUT2D eigenvalue weighted by atomic mass is 10.2. The van der Waals surface area contributed by atoms with Gasteiger partial charge in [-0.2, -0.15) is 5.10 Å². The number of carbonyl (C=O) groups is 1. The van der Waals surface area contributed by atoms with Crippen LogP contribution in [-0.4, -0.2) is 12.1 Å². The van der Waals surface area contributed by atoms with Crippen molar-refractivity contribution < 1.29 is 4.79 Å². The first-order valence-corrected chi connectivity index (χ1v) is 5.47. The van der Waals surface area contributed by atoms with E-state index in [1.807, 2.05) is 38.1 Å². The van der Waals surface area contributed by atoms with Crippen molar-refractivity contribution in [2.24, 2.45) is 11.0 Å². The van der Waals surface area contributed by atoms with E-state index in [4.69, 9.17) is 0 Å². The fourth-order valence-corrected chi connectivity index (χ4v) is 1.30. The first-order valence-electron chi connectivity index (χ1n) is 4.68. The van der Waals surface area contributed by atoms with Crippen LogP contribution in [-0.2, 0) is 4.79 Å². The van der Waals surface area contributed by atoms with Gasteiger partial charge < -0.3 is 0 Å². The maximum absolute atomic E-state index is 11.2. The van der Waals surface area contributed by atoms with E-state index in [2.05, 4.69) is 26.5 Å². The number of carbonyl (C=O) groups excluding carboxylic acids is 1. The number of hydrazone groups is 1. The van der Waals surface area contributed by atoms with Gasteiger partial charge in [-0.3, -0.25) is 4.79 Å². The molecule has 0 bridgehead atoms. The van der Waals surface area contributed by atoms with Gasteiger partial charge in [-0.15, -0.1) is 0 Å². The summed E-state index contributed by atoms with van der Waals surface area (Å²) >= 11 is 3.36. The Morgan fingerprint density at radius 3 is 2.87 bits per heavy atom. The molecule has 1 aromatic carbocycles. The van der Waals surface area contributed by atoms with E-state index >= 15 is 0 Å². The first kappa shape index (κ1) is 11.9. The van der Waals surface area contributed by atoms with Crippen LogP contribution >= 0.6 is 15.9 Å². The van der Waals surface area contributed by atoms with Gasteiger partial charge in [-0.1, -0.05) is 41.9 Å². The van der Waals surface area contributed by atoms with Gasteiger partial charge in [0.05, 0.1) is 6.21 Å². The Hall–Kier alpha value is -1.16. The zero-order valence-corrected chi connectivity index (χ0v) is 10.3. The summed E-state index contributed by atoms with van der Waals surface area (Å²) in [4.78, 5) is 11.2. The van der Waals surface area contributed by atoms with Crippen molar-refractivity contribution in [3.05, 3.63) is 34.3 Å². The van der Waals surface area contributed by atoms with Crippen molar-refractivity contribution >= 4 is 28.1 Å². The third kappa shape index (κ3) is 4.25. The number of halogens is 1. The van der Waals surface area contributed by atoms with E-state index in [1.165, 1.54) is 0 Å². The van der Waals surface area contributed by atoms with Crippen LogP contribution in [0.4, 0.5) is 0 Å². The van der Waals surface area contributed by atoms with E-state index in [0.717, 1.165) is 10.0 Å². The highest BCUT2D eigenvalue weighted by Gasteiger charge is 2.03. The average molecular weight is 269 g/mol. The van der Waals surface area contributed by atoms with Gasteiger partial charge in [0.2, 0.25) is 5.91 Å². The molecule has 0 aliphatic heterocycles. The van der Waals surface area contributed by atoms with E-state index < -0.39 is 0 Å². The Morgan fingerprint density at radius 2 is 2.27 bits per heavy atom. The van der Waals surface area contributed by atoms with Crippen LogP contribution in [0.3, 0.4) is 0 Å². The van der Waals surface area contributed by atoms with Crippen molar-refractivity contribution in [1.82, 2.24) is 5.43 Å². The molecule has 0 aromatic heterocycles. The normalized spacial score (nSPS) is 10.9. The fourth-order valence-electron chi connectivity index (χ4n) is 0.886. The molecule has 80 valence electrons. The van der Waals surface area contributed by atoms with Crippen LogP contribution in [0.25, 0.3) is 0 Å². The van der Waals surface area contributed by atoms with Crippen molar-refractivity contribution in [3.63, 3.8) is 0 Å². The standard InChI is InChI=1S/C11H13BrN2O/c1-8(2)11(15)14-13-7-9-4-3-5-10(12)6-9/h3-8H,1-2H3,(H,14,15)/b13-7+. The van der Waals surface area contributed by atoms with Crippen molar-refractivity contribution in [3.8, 4) is 0 Å². The molecular formula is C11H13BrN2O.